The summed E-state index contributed by atoms with van der Waals surface area (Å²) in [7, 11) is 1.73. The molecule has 2 N–H and O–H groups in total. The lowest BCUT2D eigenvalue weighted by molar-refractivity contribution is -0.118. The molecule has 3 aromatic rings. The monoisotopic (exact) mass is 500 g/mol. The number of carbonyl (C=O) groups excluding carboxylic acids is 3. The standard InChI is InChI=1S/C29H32N4O4/c1-32(24-11-7-10-23(20-24)30-21-34)28(35)16-19-33-17-14-25(15-18-33)37-29(36)31-27-13-6-5-12-26(27)22-8-3-2-4-9-22/h2-13,20-21,25H,14-19H2,1H3,(H,30,34)(H,31,36). The molecule has 1 heterocycles. The summed E-state index contributed by atoms with van der Waals surface area (Å²) in [5, 5.41) is 5.50. The summed E-state index contributed by atoms with van der Waals surface area (Å²) >= 11 is 0. The van der Waals surface area contributed by atoms with Gasteiger partial charge in [0, 0.05) is 50.0 Å². The zero-order chi connectivity index (χ0) is 26.0. The molecule has 37 heavy (non-hydrogen) atoms. The van der Waals surface area contributed by atoms with Gasteiger partial charge in [0.15, 0.2) is 0 Å². The van der Waals surface area contributed by atoms with Crippen molar-refractivity contribution in [2.45, 2.75) is 25.4 Å². The van der Waals surface area contributed by atoms with Crippen molar-refractivity contribution in [2.24, 2.45) is 0 Å². The van der Waals surface area contributed by atoms with Crippen LogP contribution in [0, 0.1) is 0 Å². The molecule has 0 bridgehead atoms. The van der Waals surface area contributed by atoms with Gasteiger partial charge in [0.2, 0.25) is 12.3 Å². The summed E-state index contributed by atoms with van der Waals surface area (Å²) in [6, 6.07) is 24.7. The summed E-state index contributed by atoms with van der Waals surface area (Å²) in [5.74, 6) is -0.00177. The molecule has 1 saturated heterocycles. The number of hydrogen-bond donors (Lipinski definition) is 2. The van der Waals surface area contributed by atoms with Crippen LogP contribution in [-0.4, -0.2) is 56.1 Å². The van der Waals surface area contributed by atoms with Crippen LogP contribution in [-0.2, 0) is 14.3 Å². The number of nitrogens with zero attached hydrogens (tertiary/aromatic N) is 2. The highest BCUT2D eigenvalue weighted by Crippen LogP contribution is 2.28. The third-order valence-corrected chi connectivity index (χ3v) is 6.53. The van der Waals surface area contributed by atoms with Gasteiger partial charge in [-0.05, 0) is 42.7 Å². The predicted molar refractivity (Wildman–Crippen MR) is 146 cm³/mol. The first-order chi connectivity index (χ1) is 18.0. The van der Waals surface area contributed by atoms with Crippen molar-refractivity contribution in [1.82, 2.24) is 4.90 Å². The van der Waals surface area contributed by atoms with Gasteiger partial charge in [-0.1, -0.05) is 54.6 Å². The average molecular weight is 501 g/mol. The molecule has 4 rings (SSSR count). The Kier molecular flexibility index (Phi) is 8.89. The van der Waals surface area contributed by atoms with Crippen molar-refractivity contribution in [3.05, 3.63) is 78.9 Å². The Bertz CT molecular complexity index is 1210. The first kappa shape index (κ1) is 25.9. The third kappa shape index (κ3) is 7.17. The van der Waals surface area contributed by atoms with Crippen LogP contribution in [0.1, 0.15) is 19.3 Å². The average Bonchev–Trinajstić information content (AvgIpc) is 2.93. The molecular formula is C29H32N4O4. The fourth-order valence-corrected chi connectivity index (χ4v) is 4.44. The molecule has 0 radical (unpaired) electrons. The van der Waals surface area contributed by atoms with E-state index in [1.807, 2.05) is 60.7 Å². The summed E-state index contributed by atoms with van der Waals surface area (Å²) in [6.45, 7) is 2.15. The Labute approximate surface area is 217 Å². The molecule has 0 unspecified atom stereocenters. The lowest BCUT2D eigenvalue weighted by Gasteiger charge is -2.31. The minimum absolute atomic E-state index is 0.00177. The van der Waals surface area contributed by atoms with E-state index < -0.39 is 6.09 Å². The van der Waals surface area contributed by atoms with Gasteiger partial charge in [-0.25, -0.2) is 4.79 Å². The lowest BCUT2D eigenvalue weighted by atomic mass is 10.0. The van der Waals surface area contributed by atoms with Crippen molar-refractivity contribution < 1.29 is 19.1 Å². The van der Waals surface area contributed by atoms with Crippen molar-refractivity contribution in [2.75, 3.05) is 42.2 Å². The van der Waals surface area contributed by atoms with Crippen LogP contribution >= 0.6 is 0 Å². The zero-order valence-electron chi connectivity index (χ0n) is 20.9. The number of hydrogen-bond acceptors (Lipinski definition) is 5. The van der Waals surface area contributed by atoms with Crippen LogP contribution in [0.5, 0.6) is 0 Å². The number of anilines is 3. The summed E-state index contributed by atoms with van der Waals surface area (Å²) in [6.07, 6.45) is 1.82. The van der Waals surface area contributed by atoms with Crippen LogP contribution in [0.4, 0.5) is 21.9 Å². The van der Waals surface area contributed by atoms with Crippen LogP contribution in [0.25, 0.3) is 11.1 Å². The lowest BCUT2D eigenvalue weighted by Crippen LogP contribution is -2.40. The van der Waals surface area contributed by atoms with Gasteiger partial charge in [0.1, 0.15) is 6.10 Å². The molecule has 3 amide bonds. The summed E-state index contributed by atoms with van der Waals surface area (Å²) < 4.78 is 5.70. The number of carbonyl (C=O) groups is 3. The van der Waals surface area contributed by atoms with E-state index >= 15 is 0 Å². The van der Waals surface area contributed by atoms with E-state index in [4.69, 9.17) is 4.74 Å². The third-order valence-electron chi connectivity index (χ3n) is 6.53. The molecule has 0 aliphatic carbocycles. The van der Waals surface area contributed by atoms with Crippen molar-refractivity contribution in [3.63, 3.8) is 0 Å². The van der Waals surface area contributed by atoms with E-state index in [2.05, 4.69) is 15.5 Å². The second-order valence-electron chi connectivity index (χ2n) is 9.00. The van der Waals surface area contributed by atoms with Crippen molar-refractivity contribution in [1.29, 1.82) is 0 Å². The maximum absolute atomic E-state index is 12.7. The van der Waals surface area contributed by atoms with E-state index in [-0.39, 0.29) is 12.0 Å². The quantitative estimate of drug-likeness (QED) is 0.404. The van der Waals surface area contributed by atoms with E-state index in [1.54, 1.807) is 30.1 Å². The van der Waals surface area contributed by atoms with Gasteiger partial charge >= 0.3 is 6.09 Å². The van der Waals surface area contributed by atoms with Gasteiger partial charge in [-0.2, -0.15) is 0 Å². The number of para-hydroxylation sites is 1. The number of benzene rings is 3. The highest BCUT2D eigenvalue weighted by Gasteiger charge is 2.23. The molecule has 1 aliphatic rings. The van der Waals surface area contributed by atoms with E-state index in [0.29, 0.717) is 30.8 Å². The Morgan fingerprint density at radius 3 is 2.49 bits per heavy atom. The van der Waals surface area contributed by atoms with E-state index in [9.17, 15) is 14.4 Å². The molecule has 8 heteroatoms. The normalized spacial score (nSPS) is 14.0. The molecule has 8 nitrogen and oxygen atoms in total. The van der Waals surface area contributed by atoms with E-state index in [0.717, 1.165) is 42.7 Å². The second kappa shape index (κ2) is 12.7. The highest BCUT2D eigenvalue weighted by molar-refractivity contribution is 5.94. The Balaban J connectivity index is 1.22. The molecular weight excluding hydrogens is 468 g/mol. The topological polar surface area (TPSA) is 91.0 Å². The van der Waals surface area contributed by atoms with Gasteiger partial charge in [0.25, 0.3) is 0 Å². The SMILES string of the molecule is CN(C(=O)CCN1CCC(OC(=O)Nc2ccccc2-c2ccccc2)CC1)c1cccc(NC=O)c1. The van der Waals surface area contributed by atoms with Gasteiger partial charge in [-0.15, -0.1) is 0 Å². The maximum atomic E-state index is 12.7. The minimum Gasteiger partial charge on any atom is -0.446 e. The van der Waals surface area contributed by atoms with Crippen LogP contribution in [0.2, 0.25) is 0 Å². The minimum atomic E-state index is -0.454. The highest BCUT2D eigenvalue weighted by atomic mass is 16.6. The van der Waals surface area contributed by atoms with Crippen LogP contribution in [0.15, 0.2) is 78.9 Å². The molecule has 192 valence electrons. The summed E-state index contributed by atoms with van der Waals surface area (Å²) in [5.41, 5.74) is 4.05. The Hall–Kier alpha value is -4.17. The van der Waals surface area contributed by atoms with Gasteiger partial charge in [-0.3, -0.25) is 14.9 Å². The molecule has 0 atom stereocenters. The van der Waals surface area contributed by atoms with Crippen molar-refractivity contribution >= 4 is 35.5 Å². The van der Waals surface area contributed by atoms with Gasteiger partial charge < -0.3 is 19.9 Å². The number of nitrogens with one attached hydrogen (secondary N) is 2. The zero-order valence-corrected chi connectivity index (χ0v) is 20.9. The molecule has 0 saturated carbocycles. The Morgan fingerprint density at radius 1 is 1.00 bits per heavy atom. The fraction of sp³-hybridized carbons (Fsp3) is 0.276. The molecule has 1 aliphatic heterocycles. The first-order valence-corrected chi connectivity index (χ1v) is 12.4. The Morgan fingerprint density at radius 2 is 1.73 bits per heavy atom. The number of amides is 3. The maximum Gasteiger partial charge on any atom is 0.411 e. The summed E-state index contributed by atoms with van der Waals surface area (Å²) in [4.78, 5) is 39.8. The molecule has 1 fully saturated rings. The second-order valence-corrected chi connectivity index (χ2v) is 9.00. The largest absolute Gasteiger partial charge is 0.446 e. The number of rotatable bonds is 9. The molecule has 0 aromatic heterocycles. The predicted octanol–water partition coefficient (Wildman–Crippen LogP) is 4.99. The number of likely N-dealkylation sites (tertiary alicyclic amines) is 1. The smallest absolute Gasteiger partial charge is 0.411 e. The first-order valence-electron chi connectivity index (χ1n) is 12.4. The molecule has 0 spiro atoms. The fourth-order valence-electron chi connectivity index (χ4n) is 4.44. The van der Waals surface area contributed by atoms with Crippen LogP contribution < -0.4 is 15.5 Å². The van der Waals surface area contributed by atoms with E-state index in [1.165, 1.54) is 0 Å². The number of ether oxygens (including phenoxy) is 1. The van der Waals surface area contributed by atoms with Gasteiger partial charge in [0.05, 0.1) is 5.69 Å². The van der Waals surface area contributed by atoms with Crippen LogP contribution in [0.3, 0.4) is 0 Å². The molecule has 3 aromatic carbocycles. The number of piperidine rings is 1. The van der Waals surface area contributed by atoms with Crippen molar-refractivity contribution in [3.8, 4) is 11.1 Å².